The van der Waals surface area contributed by atoms with Crippen LogP contribution < -0.4 is 5.73 Å². The van der Waals surface area contributed by atoms with Crippen molar-refractivity contribution in [2.45, 2.75) is 18.9 Å². The van der Waals surface area contributed by atoms with E-state index in [1.165, 1.54) is 12.4 Å². The Kier molecular flexibility index (Phi) is 5.89. The Balaban J connectivity index is 1.69. The van der Waals surface area contributed by atoms with Gasteiger partial charge in [-0.2, -0.15) is 31.4 Å². The predicted molar refractivity (Wildman–Crippen MR) is 111 cm³/mol. The number of rotatable bonds is 5. The van der Waals surface area contributed by atoms with Crippen molar-refractivity contribution in [1.82, 2.24) is 19.7 Å². The number of carbonyl (C=O) groups excluding carboxylic acids is 1. The van der Waals surface area contributed by atoms with Gasteiger partial charge in [0.2, 0.25) is 0 Å². The smallest absolute Gasteiger partial charge is 0.365 e. The van der Waals surface area contributed by atoms with E-state index in [0.717, 1.165) is 22.1 Å². The second-order valence-electron chi connectivity index (χ2n) is 7.07. The van der Waals surface area contributed by atoms with E-state index in [2.05, 4.69) is 15.1 Å². The maximum atomic E-state index is 13.4. The molecule has 4 rings (SSSR count). The number of primary amides is 1. The summed E-state index contributed by atoms with van der Waals surface area (Å²) in [6.07, 6.45) is -5.76. The molecule has 0 aliphatic rings. The fraction of sp³-hybridized carbons (Fsp3) is 0.143. The fourth-order valence-electron chi connectivity index (χ4n) is 3.18. The summed E-state index contributed by atoms with van der Waals surface area (Å²) in [6.45, 7) is -0.462. The van der Waals surface area contributed by atoms with Gasteiger partial charge in [-0.05, 0) is 29.8 Å². The van der Waals surface area contributed by atoms with Crippen molar-refractivity contribution in [2.24, 2.45) is 5.73 Å². The highest BCUT2D eigenvalue weighted by Gasteiger charge is 2.38. The van der Waals surface area contributed by atoms with Crippen molar-refractivity contribution >= 4 is 17.2 Å². The third-order valence-corrected chi connectivity index (χ3v) is 5.81. The molecule has 0 radical (unpaired) electrons. The van der Waals surface area contributed by atoms with Gasteiger partial charge in [-0.3, -0.25) is 14.5 Å². The molecule has 4 aromatic rings. The van der Waals surface area contributed by atoms with Crippen LogP contribution in [0.2, 0.25) is 0 Å². The summed E-state index contributed by atoms with van der Waals surface area (Å²) in [5.74, 6) is -0.760. The van der Waals surface area contributed by atoms with Crippen molar-refractivity contribution in [3.8, 4) is 22.0 Å². The molecule has 1 amide bonds. The van der Waals surface area contributed by atoms with Gasteiger partial charge in [0.15, 0.2) is 0 Å². The molecular weight excluding hydrogens is 484 g/mol. The number of nitrogens with two attached hydrogens (primary N) is 1. The van der Waals surface area contributed by atoms with E-state index in [1.807, 2.05) is 0 Å². The third-order valence-electron chi connectivity index (χ3n) is 4.72. The molecule has 0 atom stereocenters. The largest absolute Gasteiger partial charge is 0.416 e. The van der Waals surface area contributed by atoms with Crippen LogP contribution in [0.25, 0.3) is 22.0 Å². The van der Waals surface area contributed by atoms with E-state index in [4.69, 9.17) is 5.73 Å². The minimum Gasteiger partial charge on any atom is -0.365 e. The molecule has 0 saturated carbocycles. The normalized spacial score (nSPS) is 12.2. The van der Waals surface area contributed by atoms with E-state index >= 15 is 0 Å². The quantitative estimate of drug-likeness (QED) is 0.382. The van der Waals surface area contributed by atoms with Gasteiger partial charge in [-0.1, -0.05) is 12.1 Å². The number of halogens is 6. The average Bonchev–Trinajstić information content (AvgIpc) is 3.40. The lowest BCUT2D eigenvalue weighted by Crippen LogP contribution is -2.15. The van der Waals surface area contributed by atoms with Crippen LogP contribution in [0, 0.1) is 0 Å². The van der Waals surface area contributed by atoms with Gasteiger partial charge in [0.1, 0.15) is 9.88 Å². The first-order chi connectivity index (χ1) is 15.9. The summed E-state index contributed by atoms with van der Waals surface area (Å²) in [6, 6.07) is 6.54. The fourth-order valence-corrected chi connectivity index (χ4v) is 4.10. The number of thiazole rings is 1. The Morgan fingerprint density at radius 1 is 1.06 bits per heavy atom. The van der Waals surface area contributed by atoms with E-state index in [1.54, 1.807) is 24.4 Å². The summed E-state index contributed by atoms with van der Waals surface area (Å²) in [5.41, 5.74) is 3.20. The number of hydrogen-bond donors (Lipinski definition) is 1. The highest BCUT2D eigenvalue weighted by atomic mass is 32.1. The van der Waals surface area contributed by atoms with Crippen molar-refractivity contribution in [3.63, 3.8) is 0 Å². The van der Waals surface area contributed by atoms with Gasteiger partial charge >= 0.3 is 12.4 Å². The average molecular weight is 497 g/mol. The number of amides is 1. The van der Waals surface area contributed by atoms with Crippen LogP contribution in [-0.2, 0) is 18.9 Å². The van der Waals surface area contributed by atoms with Crippen LogP contribution in [-0.4, -0.2) is 25.7 Å². The second kappa shape index (κ2) is 8.56. The summed E-state index contributed by atoms with van der Waals surface area (Å²) in [5, 5.41) is 4.39. The topological polar surface area (TPSA) is 86.7 Å². The lowest BCUT2D eigenvalue weighted by Gasteiger charge is -2.16. The molecule has 0 unspecified atom stereocenters. The highest BCUT2D eigenvalue weighted by Crippen LogP contribution is 2.38. The van der Waals surface area contributed by atoms with Crippen LogP contribution in [0.15, 0.2) is 55.0 Å². The third kappa shape index (κ3) is 4.78. The molecule has 34 heavy (non-hydrogen) atoms. The Labute approximate surface area is 191 Å². The zero-order chi connectivity index (χ0) is 24.7. The molecule has 1 aromatic carbocycles. The summed E-state index contributed by atoms with van der Waals surface area (Å²) < 4.78 is 80.1. The molecular formula is C21H13F6N5OS. The minimum absolute atomic E-state index is 0.0739. The first kappa shape index (κ1) is 23.4. The Hall–Kier alpha value is -3.74. The Morgan fingerprint density at radius 3 is 2.44 bits per heavy atom. The Morgan fingerprint density at radius 2 is 1.82 bits per heavy atom. The molecule has 176 valence electrons. The van der Waals surface area contributed by atoms with Gasteiger partial charge in [-0.15, -0.1) is 11.3 Å². The second-order valence-corrected chi connectivity index (χ2v) is 8.07. The van der Waals surface area contributed by atoms with Gasteiger partial charge in [0.25, 0.3) is 5.91 Å². The summed E-state index contributed by atoms with van der Waals surface area (Å²) in [4.78, 5) is 20.6. The lowest BCUT2D eigenvalue weighted by atomic mass is 10.0. The standard InChI is InChI=1S/C21H13F6N5OS/c22-20(23,24)13-5-4-11(14(7-13)21(25,26)27)9-32-10-12(8-30-32)16-17(18(28)33)34-19(31-16)15-3-1-2-6-29-15/h1-8,10H,9H2,(H2,28,33). The monoisotopic (exact) mass is 497 g/mol. The van der Waals surface area contributed by atoms with Gasteiger partial charge < -0.3 is 5.73 Å². The molecule has 0 spiro atoms. The van der Waals surface area contributed by atoms with Crippen LogP contribution in [0.5, 0.6) is 0 Å². The van der Waals surface area contributed by atoms with Crippen molar-refractivity contribution in [3.05, 3.63) is 76.6 Å². The summed E-state index contributed by atoms with van der Waals surface area (Å²) >= 11 is 0.998. The lowest BCUT2D eigenvalue weighted by molar-refractivity contribution is -0.143. The van der Waals surface area contributed by atoms with Gasteiger partial charge in [0.05, 0.1) is 35.3 Å². The number of carbonyl (C=O) groups is 1. The zero-order valence-electron chi connectivity index (χ0n) is 16.9. The first-order valence-electron chi connectivity index (χ1n) is 9.45. The molecule has 0 fully saturated rings. The van der Waals surface area contributed by atoms with Crippen molar-refractivity contribution < 1.29 is 31.1 Å². The number of benzene rings is 1. The van der Waals surface area contributed by atoms with Crippen LogP contribution in [0.3, 0.4) is 0 Å². The van der Waals surface area contributed by atoms with Crippen LogP contribution in [0.4, 0.5) is 26.3 Å². The van der Waals surface area contributed by atoms with Gasteiger partial charge in [-0.25, -0.2) is 4.98 Å². The van der Waals surface area contributed by atoms with E-state index in [0.29, 0.717) is 22.3 Å². The van der Waals surface area contributed by atoms with E-state index in [9.17, 15) is 31.1 Å². The zero-order valence-corrected chi connectivity index (χ0v) is 17.7. The number of aromatic nitrogens is 4. The number of alkyl halides is 6. The summed E-state index contributed by atoms with van der Waals surface area (Å²) in [7, 11) is 0. The maximum absolute atomic E-state index is 13.4. The molecule has 0 bridgehead atoms. The molecule has 0 aliphatic carbocycles. The Bertz CT molecular complexity index is 1340. The van der Waals surface area contributed by atoms with Crippen molar-refractivity contribution in [2.75, 3.05) is 0 Å². The molecule has 0 aliphatic heterocycles. The molecule has 3 aromatic heterocycles. The maximum Gasteiger partial charge on any atom is 0.416 e. The van der Waals surface area contributed by atoms with Gasteiger partial charge in [0, 0.05) is 18.0 Å². The molecule has 2 N–H and O–H groups in total. The van der Waals surface area contributed by atoms with Crippen LogP contribution >= 0.6 is 11.3 Å². The molecule has 3 heterocycles. The van der Waals surface area contributed by atoms with Crippen LogP contribution in [0.1, 0.15) is 26.4 Å². The van der Waals surface area contributed by atoms with E-state index < -0.39 is 41.5 Å². The molecule has 6 nitrogen and oxygen atoms in total. The molecule has 13 heteroatoms. The number of nitrogens with zero attached hydrogens (tertiary/aromatic N) is 4. The molecule has 0 saturated heterocycles. The van der Waals surface area contributed by atoms with E-state index in [-0.39, 0.29) is 16.6 Å². The minimum atomic E-state index is -5.00. The first-order valence-corrected chi connectivity index (χ1v) is 10.3. The number of hydrogen-bond acceptors (Lipinski definition) is 5. The van der Waals surface area contributed by atoms with Crippen molar-refractivity contribution in [1.29, 1.82) is 0 Å². The highest BCUT2D eigenvalue weighted by molar-refractivity contribution is 7.17. The number of pyridine rings is 1. The SMILES string of the molecule is NC(=O)c1sc(-c2ccccn2)nc1-c1cnn(Cc2ccc(C(F)(F)F)cc2C(F)(F)F)c1. The predicted octanol–water partition coefficient (Wildman–Crippen LogP) is 5.25.